The Labute approximate surface area is 233 Å². The Kier molecular flexibility index (Phi) is 8.43. The van der Waals surface area contributed by atoms with Crippen molar-refractivity contribution in [1.82, 2.24) is 15.1 Å². The molecule has 39 heavy (non-hydrogen) atoms. The molecule has 0 aliphatic carbocycles. The predicted octanol–water partition coefficient (Wildman–Crippen LogP) is 6.57. The van der Waals surface area contributed by atoms with Gasteiger partial charge in [0.1, 0.15) is 30.0 Å². The van der Waals surface area contributed by atoms with Gasteiger partial charge < -0.3 is 14.2 Å². The fraction of sp³-hybridized carbons (Fsp3) is 0.467. The van der Waals surface area contributed by atoms with Gasteiger partial charge in [0, 0.05) is 24.1 Å². The van der Waals surface area contributed by atoms with Crippen LogP contribution < -0.4 is 9.47 Å². The number of hydrogen-bond donors (Lipinski definition) is 1. The number of halogens is 2. The summed E-state index contributed by atoms with van der Waals surface area (Å²) in [5.74, 6) is 0.745. The zero-order chi connectivity index (χ0) is 27.5. The summed E-state index contributed by atoms with van der Waals surface area (Å²) in [6, 6.07) is 9.10. The minimum absolute atomic E-state index is 0.0347. The molecular weight excluding hydrogens is 521 g/mol. The van der Waals surface area contributed by atoms with Gasteiger partial charge in [0.05, 0.1) is 23.6 Å². The molecule has 208 valence electrons. The molecule has 5 rings (SSSR count). The first-order valence-electron chi connectivity index (χ1n) is 13.7. The summed E-state index contributed by atoms with van der Waals surface area (Å²) >= 11 is 6.24. The van der Waals surface area contributed by atoms with Crippen molar-refractivity contribution in [3.63, 3.8) is 0 Å². The molecule has 1 saturated heterocycles. The van der Waals surface area contributed by atoms with Crippen molar-refractivity contribution in [3.8, 4) is 11.5 Å². The summed E-state index contributed by atoms with van der Waals surface area (Å²) in [6.45, 7) is 9.17. The molecule has 0 radical (unpaired) electrons. The number of H-pyrrole nitrogens is 1. The Morgan fingerprint density at radius 1 is 1.26 bits per heavy atom. The van der Waals surface area contributed by atoms with Gasteiger partial charge in [-0.1, -0.05) is 31.5 Å². The lowest BCUT2D eigenvalue weighted by Crippen LogP contribution is -2.38. The van der Waals surface area contributed by atoms with Gasteiger partial charge >= 0.3 is 5.97 Å². The highest BCUT2D eigenvalue weighted by Gasteiger charge is 2.27. The second-order valence-electron chi connectivity index (χ2n) is 10.8. The third kappa shape index (κ3) is 6.39. The fourth-order valence-electron chi connectivity index (χ4n) is 5.32. The van der Waals surface area contributed by atoms with Gasteiger partial charge in [-0.25, -0.2) is 4.39 Å². The Bertz CT molecular complexity index is 1360. The van der Waals surface area contributed by atoms with Gasteiger partial charge in [-0.2, -0.15) is 5.10 Å². The first-order valence-corrected chi connectivity index (χ1v) is 14.0. The SMILES string of the molecule is CCOC(=O)C1CCN(CC2=Cc3c(F)cc(OC(CC(C)C)c4ccc5[nH]nc(Cl)c5c4)cc3OC2)CC1. The molecular formula is C30H35ClFN3O4. The topological polar surface area (TPSA) is 76.7 Å². The lowest BCUT2D eigenvalue weighted by molar-refractivity contribution is -0.149. The van der Waals surface area contributed by atoms with Crippen LogP contribution in [0.15, 0.2) is 35.9 Å². The molecule has 0 saturated carbocycles. The molecule has 2 aromatic carbocycles. The molecule has 9 heteroatoms. The maximum Gasteiger partial charge on any atom is 0.309 e. The van der Waals surface area contributed by atoms with Gasteiger partial charge in [0.2, 0.25) is 0 Å². The lowest BCUT2D eigenvalue weighted by Gasteiger charge is -2.32. The Morgan fingerprint density at radius 3 is 2.79 bits per heavy atom. The van der Waals surface area contributed by atoms with E-state index in [2.05, 4.69) is 28.9 Å². The first-order chi connectivity index (χ1) is 18.8. The number of aromatic nitrogens is 2. The number of likely N-dealkylation sites (tertiary alicyclic amines) is 1. The largest absolute Gasteiger partial charge is 0.488 e. The molecule has 0 spiro atoms. The van der Waals surface area contributed by atoms with Crippen molar-refractivity contribution in [3.05, 3.63) is 58.0 Å². The Balaban J connectivity index is 1.28. The zero-order valence-electron chi connectivity index (χ0n) is 22.6. The molecule has 1 atom stereocenters. The van der Waals surface area contributed by atoms with Gasteiger partial charge in [-0.15, -0.1) is 0 Å². The molecule has 1 N–H and O–H groups in total. The van der Waals surface area contributed by atoms with Crippen LogP contribution in [-0.2, 0) is 9.53 Å². The van der Waals surface area contributed by atoms with E-state index in [1.54, 1.807) is 6.07 Å². The summed E-state index contributed by atoms with van der Waals surface area (Å²) in [4.78, 5) is 14.3. The van der Waals surface area contributed by atoms with Crippen molar-refractivity contribution < 1.29 is 23.4 Å². The van der Waals surface area contributed by atoms with E-state index in [1.165, 1.54) is 6.07 Å². The highest BCUT2D eigenvalue weighted by Crippen LogP contribution is 2.37. The smallest absolute Gasteiger partial charge is 0.309 e. The van der Waals surface area contributed by atoms with Crippen LogP contribution in [0.4, 0.5) is 4.39 Å². The van der Waals surface area contributed by atoms with E-state index >= 15 is 4.39 Å². The predicted molar refractivity (Wildman–Crippen MR) is 150 cm³/mol. The Morgan fingerprint density at radius 2 is 2.05 bits per heavy atom. The summed E-state index contributed by atoms with van der Waals surface area (Å²) in [5, 5.41) is 8.22. The van der Waals surface area contributed by atoms with E-state index in [0.29, 0.717) is 47.9 Å². The van der Waals surface area contributed by atoms with Crippen molar-refractivity contribution in [2.75, 3.05) is 32.8 Å². The van der Waals surface area contributed by atoms with Crippen LogP contribution >= 0.6 is 11.6 Å². The minimum Gasteiger partial charge on any atom is -0.488 e. The zero-order valence-corrected chi connectivity index (χ0v) is 23.4. The second kappa shape index (κ2) is 12.0. The molecule has 1 unspecified atom stereocenters. The van der Waals surface area contributed by atoms with E-state index in [4.69, 9.17) is 25.8 Å². The normalized spacial score (nSPS) is 17.0. The van der Waals surface area contributed by atoms with Crippen LogP contribution in [0, 0.1) is 17.7 Å². The number of hydrogen-bond acceptors (Lipinski definition) is 6. The molecule has 2 aliphatic rings. The quantitative estimate of drug-likeness (QED) is 0.301. The molecule has 7 nitrogen and oxygen atoms in total. The average molecular weight is 556 g/mol. The number of piperidine rings is 1. The molecule has 1 aromatic heterocycles. The lowest BCUT2D eigenvalue weighted by atomic mass is 9.96. The summed E-state index contributed by atoms with van der Waals surface area (Å²) in [6.07, 6.45) is 3.89. The van der Waals surface area contributed by atoms with Gasteiger partial charge in [0.15, 0.2) is 5.15 Å². The molecule has 0 amide bonds. The fourth-order valence-corrected chi connectivity index (χ4v) is 5.52. The van der Waals surface area contributed by atoms with Crippen LogP contribution in [0.2, 0.25) is 5.15 Å². The maximum absolute atomic E-state index is 15.3. The summed E-state index contributed by atoms with van der Waals surface area (Å²) < 4.78 is 32.9. The van der Waals surface area contributed by atoms with E-state index in [0.717, 1.165) is 54.4 Å². The number of carbonyl (C=O) groups is 1. The highest BCUT2D eigenvalue weighted by molar-refractivity contribution is 6.34. The van der Waals surface area contributed by atoms with Crippen LogP contribution in [0.3, 0.4) is 0 Å². The number of esters is 1. The first kappa shape index (κ1) is 27.5. The number of nitrogens with one attached hydrogen (secondary N) is 1. The third-order valence-corrected chi connectivity index (χ3v) is 7.62. The van der Waals surface area contributed by atoms with Crippen molar-refractivity contribution in [1.29, 1.82) is 0 Å². The molecule has 3 heterocycles. The monoisotopic (exact) mass is 555 g/mol. The standard InChI is InChI=1S/C30H35ClFN3O4/c1-4-37-30(36)20-7-9-35(10-8-20)16-19-12-23-25(32)14-22(15-28(23)38-17-19)39-27(11-18(2)3)21-5-6-26-24(13-21)29(31)34-33-26/h5-6,12-15,18,20,27H,4,7-11,16-17H2,1-3H3,(H,33,34). The minimum atomic E-state index is -0.377. The average Bonchev–Trinajstić information content (AvgIpc) is 3.29. The highest BCUT2D eigenvalue weighted by atomic mass is 35.5. The summed E-state index contributed by atoms with van der Waals surface area (Å²) in [7, 11) is 0. The number of ether oxygens (including phenoxy) is 3. The molecule has 0 bridgehead atoms. The van der Waals surface area contributed by atoms with Crippen LogP contribution in [0.25, 0.3) is 17.0 Å². The van der Waals surface area contributed by atoms with Gasteiger partial charge in [-0.3, -0.25) is 14.8 Å². The molecule has 1 fully saturated rings. The van der Waals surface area contributed by atoms with E-state index < -0.39 is 0 Å². The number of rotatable bonds is 9. The number of nitrogens with zero attached hydrogens (tertiary/aromatic N) is 2. The van der Waals surface area contributed by atoms with Crippen molar-refractivity contribution in [2.45, 2.75) is 46.1 Å². The second-order valence-corrected chi connectivity index (χ2v) is 11.1. The van der Waals surface area contributed by atoms with Crippen LogP contribution in [0.1, 0.15) is 57.3 Å². The number of fused-ring (bicyclic) bond motifs is 2. The van der Waals surface area contributed by atoms with Gasteiger partial charge in [-0.05, 0) is 74.5 Å². The van der Waals surface area contributed by atoms with E-state index in [1.807, 2.05) is 31.2 Å². The van der Waals surface area contributed by atoms with Crippen LogP contribution in [-0.4, -0.2) is 53.9 Å². The number of aromatic amines is 1. The van der Waals surface area contributed by atoms with Gasteiger partial charge in [0.25, 0.3) is 0 Å². The van der Waals surface area contributed by atoms with Crippen molar-refractivity contribution >= 4 is 34.5 Å². The number of carbonyl (C=O) groups excluding carboxylic acids is 1. The molecule has 3 aromatic rings. The van der Waals surface area contributed by atoms with Crippen molar-refractivity contribution in [2.24, 2.45) is 11.8 Å². The number of benzene rings is 2. The Hall–Kier alpha value is -3.10. The summed E-state index contributed by atoms with van der Waals surface area (Å²) in [5.41, 5.74) is 3.25. The van der Waals surface area contributed by atoms with Crippen LogP contribution in [0.5, 0.6) is 11.5 Å². The molecule has 2 aliphatic heterocycles. The maximum atomic E-state index is 15.3. The van der Waals surface area contributed by atoms with E-state index in [9.17, 15) is 4.79 Å². The van der Waals surface area contributed by atoms with E-state index in [-0.39, 0.29) is 23.8 Å². The third-order valence-electron chi connectivity index (χ3n) is 7.34.